The zero-order chi connectivity index (χ0) is 18.5. The number of carbonyl (C=O) groups is 1. The SMILES string of the molecule is C1=CC2CC1C[OH+]2.C1C2CC3C1[O+]3C2.CC(C)C(=O)OC1CC2COC1C2.[H+].[H+]. The summed E-state index contributed by atoms with van der Waals surface area (Å²) in [5.74, 6) is 2.43. The van der Waals surface area contributed by atoms with E-state index in [9.17, 15) is 4.79 Å². The van der Waals surface area contributed by atoms with Gasteiger partial charge in [0.1, 0.15) is 12.7 Å². The lowest BCUT2D eigenvalue weighted by Gasteiger charge is -2.23. The number of hydrogen-bond acceptors (Lipinski definition) is 3. The number of epoxide rings is 1. The van der Waals surface area contributed by atoms with Gasteiger partial charge in [-0.05, 0) is 24.8 Å². The Kier molecular flexibility index (Phi) is 4.81. The zero-order valence-electron chi connectivity index (χ0n) is 18.6. The second-order valence-corrected chi connectivity index (χ2v) is 9.70. The van der Waals surface area contributed by atoms with Gasteiger partial charge in [-0.3, -0.25) is 4.79 Å². The monoisotopic (exact) mass is 380 g/mol. The summed E-state index contributed by atoms with van der Waals surface area (Å²) in [5.41, 5.74) is 0. The quantitative estimate of drug-likeness (QED) is 0.320. The van der Waals surface area contributed by atoms with E-state index in [0.717, 1.165) is 50.1 Å². The van der Waals surface area contributed by atoms with E-state index in [1.54, 1.807) is 0 Å². The molecule has 8 bridgehead atoms. The zero-order valence-corrected chi connectivity index (χ0v) is 16.6. The molecule has 5 nitrogen and oxygen atoms in total. The van der Waals surface area contributed by atoms with Crippen LogP contribution in [0.25, 0.3) is 0 Å². The van der Waals surface area contributed by atoms with Crippen molar-refractivity contribution >= 4 is 5.97 Å². The smallest absolute Gasteiger partial charge is 0.459 e. The predicted octanol–water partition coefficient (Wildman–Crippen LogP) is 2.77. The van der Waals surface area contributed by atoms with Gasteiger partial charge in [-0.2, -0.15) is 0 Å². The molecule has 5 saturated heterocycles. The minimum absolute atomic E-state index is 0. The van der Waals surface area contributed by atoms with Crippen LogP contribution in [0.1, 0.15) is 48.8 Å². The highest BCUT2D eigenvalue weighted by Gasteiger charge is 2.71. The maximum absolute atomic E-state index is 11.3. The standard InChI is InChI=1S/C10H16O3.C6H9O.C6H8O/c1-6(2)10(11)13-9-4-7-3-8(9)12-5-7;1-4-2-6-5(1)7(6)3-4;1-2-6-3-5(1)4-7-6/h6-9H,3-5H2,1-2H3;4-6H,1-3H2;1-2,5-6H,3-4H2/q;+1;/p+3. The molecule has 7 fully saturated rings. The molecule has 7 unspecified atom stereocenters. The van der Waals surface area contributed by atoms with Gasteiger partial charge in [0.15, 0.2) is 12.7 Å². The van der Waals surface area contributed by atoms with Gasteiger partial charge >= 0.3 is 8.82 Å². The van der Waals surface area contributed by atoms with Crippen LogP contribution in [0.15, 0.2) is 12.2 Å². The molecule has 0 aromatic rings. The molecule has 8 rings (SSSR count). The number of fused-ring (bicyclic) bond motifs is 4. The van der Waals surface area contributed by atoms with E-state index in [4.69, 9.17) is 9.47 Å². The van der Waals surface area contributed by atoms with Crippen molar-refractivity contribution in [3.05, 3.63) is 12.2 Å². The van der Waals surface area contributed by atoms with Crippen molar-refractivity contribution in [3.8, 4) is 0 Å². The highest BCUT2D eigenvalue weighted by molar-refractivity contribution is 5.71. The average molecular weight is 381 g/mol. The fraction of sp³-hybridized carbons (Fsp3) is 0.864. The highest BCUT2D eigenvalue weighted by atomic mass is 16.8. The minimum atomic E-state index is -0.0962. The molecule has 5 heterocycles. The molecular formula is C22H36O5+4. The first-order valence-corrected chi connectivity index (χ1v) is 10.9. The molecule has 2 saturated carbocycles. The number of rotatable bonds is 2. The van der Waals surface area contributed by atoms with Gasteiger partial charge in [0.05, 0.1) is 24.5 Å². The third kappa shape index (κ3) is 3.70. The Labute approximate surface area is 165 Å². The Hall–Kier alpha value is -0.910. The van der Waals surface area contributed by atoms with Crippen LogP contribution in [0.4, 0.5) is 0 Å². The largest absolute Gasteiger partial charge is 1.00 e. The van der Waals surface area contributed by atoms with Crippen molar-refractivity contribution in [1.82, 2.24) is 0 Å². The topological polar surface area (TPSA) is 51.0 Å². The summed E-state index contributed by atoms with van der Waals surface area (Å²) >= 11 is 0. The number of aliphatic hydroxyl groups is 2. The molecule has 1 N–H and O–H groups in total. The third-order valence-corrected chi connectivity index (χ3v) is 7.23. The van der Waals surface area contributed by atoms with Gasteiger partial charge in [0.2, 0.25) is 12.2 Å². The molecule has 0 spiro atoms. The molecule has 0 aromatic carbocycles. The van der Waals surface area contributed by atoms with Crippen LogP contribution in [0.5, 0.6) is 0 Å². The van der Waals surface area contributed by atoms with Crippen LogP contribution in [-0.2, 0) is 18.6 Å². The lowest BCUT2D eigenvalue weighted by Crippen LogP contribution is -2.31. The molecule has 3 aliphatic carbocycles. The van der Waals surface area contributed by atoms with Crippen molar-refractivity contribution in [2.45, 2.75) is 76.5 Å². The van der Waals surface area contributed by atoms with E-state index in [1.807, 2.05) is 13.8 Å². The van der Waals surface area contributed by atoms with Crippen molar-refractivity contribution in [1.29, 1.82) is 0 Å². The number of ether oxygens (including phenoxy) is 3. The van der Waals surface area contributed by atoms with Crippen molar-refractivity contribution in [3.63, 3.8) is 0 Å². The van der Waals surface area contributed by atoms with E-state index < -0.39 is 0 Å². The van der Waals surface area contributed by atoms with Gasteiger partial charge in [0, 0.05) is 25.2 Å². The highest BCUT2D eigenvalue weighted by Crippen LogP contribution is 2.58. The van der Waals surface area contributed by atoms with Gasteiger partial charge in [-0.15, -0.1) is 0 Å². The summed E-state index contributed by atoms with van der Waals surface area (Å²) in [6.45, 7) is 7.05. The van der Waals surface area contributed by atoms with E-state index >= 15 is 0 Å². The molecule has 5 heteroatoms. The fourth-order valence-corrected chi connectivity index (χ4v) is 5.65. The van der Waals surface area contributed by atoms with Crippen LogP contribution >= 0.6 is 0 Å². The number of esters is 1. The van der Waals surface area contributed by atoms with Gasteiger partial charge in [0.25, 0.3) is 0 Å². The Morgan fingerprint density at radius 1 is 1.15 bits per heavy atom. The van der Waals surface area contributed by atoms with E-state index in [0.29, 0.717) is 12.0 Å². The number of carbonyl (C=O) groups excluding carboxylic acids is 1. The van der Waals surface area contributed by atoms with Crippen LogP contribution in [0.2, 0.25) is 0 Å². The van der Waals surface area contributed by atoms with Crippen molar-refractivity contribution in [2.75, 3.05) is 19.8 Å². The Balaban J connectivity index is 0.000000128. The molecule has 8 aliphatic rings. The number of hydrogen-bond donors (Lipinski definition) is 0. The molecule has 7 atom stereocenters. The summed E-state index contributed by atoms with van der Waals surface area (Å²) in [6, 6.07) is 0. The lowest BCUT2D eigenvalue weighted by molar-refractivity contribution is -0.160. The molecule has 27 heavy (non-hydrogen) atoms. The average Bonchev–Trinajstić information content (AvgIpc) is 3.44. The molecule has 150 valence electrons. The maximum Gasteiger partial charge on any atom is 1.00 e. The van der Waals surface area contributed by atoms with Crippen molar-refractivity contribution < 1.29 is 26.2 Å². The summed E-state index contributed by atoms with van der Waals surface area (Å²) < 4.78 is 18.5. The fourth-order valence-electron chi connectivity index (χ4n) is 5.65. The maximum atomic E-state index is 11.3. The summed E-state index contributed by atoms with van der Waals surface area (Å²) in [6.07, 6.45) is 13.8. The minimum Gasteiger partial charge on any atom is -0.459 e. The second-order valence-electron chi connectivity index (χ2n) is 9.70. The van der Waals surface area contributed by atoms with E-state index in [1.165, 1.54) is 25.9 Å². The van der Waals surface area contributed by atoms with Gasteiger partial charge in [-0.1, -0.05) is 19.9 Å². The first-order chi connectivity index (χ1) is 13.1. The van der Waals surface area contributed by atoms with Crippen molar-refractivity contribution in [2.24, 2.45) is 23.7 Å². The first kappa shape index (κ1) is 18.1. The summed E-state index contributed by atoms with van der Waals surface area (Å²) in [5, 5.41) is 0. The van der Waals surface area contributed by atoms with Crippen LogP contribution in [0.3, 0.4) is 0 Å². The summed E-state index contributed by atoms with van der Waals surface area (Å²) in [7, 11) is 0. The van der Waals surface area contributed by atoms with Gasteiger partial charge < -0.3 is 18.6 Å². The molecular weight excluding hydrogens is 344 g/mol. The molecule has 5 aliphatic heterocycles. The lowest BCUT2D eigenvalue weighted by atomic mass is 10.1. The Morgan fingerprint density at radius 3 is 2.26 bits per heavy atom. The third-order valence-electron chi connectivity index (χ3n) is 7.23. The van der Waals surface area contributed by atoms with Crippen LogP contribution in [0, 0.1) is 23.7 Å². The molecule has 0 amide bonds. The van der Waals surface area contributed by atoms with E-state index in [2.05, 4.69) is 21.3 Å². The Morgan fingerprint density at radius 2 is 1.96 bits per heavy atom. The summed E-state index contributed by atoms with van der Waals surface area (Å²) in [4.78, 5) is 11.3. The van der Waals surface area contributed by atoms with E-state index in [-0.39, 0.29) is 26.9 Å². The second kappa shape index (κ2) is 7.16. The molecule has 0 radical (unpaired) electrons. The normalized spacial score (nSPS) is 46.3. The van der Waals surface area contributed by atoms with Gasteiger partial charge in [-0.25, -0.2) is 0 Å². The van der Waals surface area contributed by atoms with Crippen LogP contribution in [-0.4, -0.2) is 61.0 Å². The molecule has 0 aromatic heterocycles. The predicted molar refractivity (Wildman–Crippen MR) is 104 cm³/mol. The first-order valence-electron chi connectivity index (χ1n) is 10.9. The van der Waals surface area contributed by atoms with Crippen LogP contribution < -0.4 is 0 Å². The Bertz CT molecular complexity index is 570.